The molecule has 44 valence electrons. The van der Waals surface area contributed by atoms with E-state index >= 15 is 0 Å². The van der Waals surface area contributed by atoms with Crippen molar-refractivity contribution in [3.05, 3.63) is 5.21 Å². The minimum atomic E-state index is -0.264. The summed E-state index contributed by atoms with van der Waals surface area (Å²) in [5.74, 6) is 0. The molecular formula is C4H10NO2-. The smallest absolute Gasteiger partial charge is 0.0185 e. The molecule has 0 saturated heterocycles. The van der Waals surface area contributed by atoms with Crippen LogP contribution in [0.5, 0.6) is 0 Å². The molecule has 3 nitrogen and oxygen atoms in total. The Morgan fingerprint density at radius 3 is 2.29 bits per heavy atom. The molecule has 0 radical (unpaired) electrons. The van der Waals surface area contributed by atoms with Gasteiger partial charge in [0.05, 0.1) is 0 Å². The Hall–Kier alpha value is -0.120. The van der Waals surface area contributed by atoms with E-state index < -0.39 is 0 Å². The van der Waals surface area contributed by atoms with Gasteiger partial charge in [-0.05, 0) is 13.3 Å². The van der Waals surface area contributed by atoms with Crippen molar-refractivity contribution in [2.24, 2.45) is 0 Å². The monoisotopic (exact) mass is 104 g/mol. The Morgan fingerprint density at radius 2 is 2.29 bits per heavy atom. The lowest BCUT2D eigenvalue weighted by atomic mass is 10.3. The maximum atomic E-state index is 9.85. The third-order valence-electron chi connectivity index (χ3n) is 0.968. The van der Waals surface area contributed by atoms with Gasteiger partial charge in [-0.25, -0.2) is 0 Å². The zero-order valence-electron chi connectivity index (χ0n) is 4.59. The largest absolute Gasteiger partial charge is 0.762 e. The van der Waals surface area contributed by atoms with Crippen molar-refractivity contribution in [2.75, 3.05) is 0 Å². The van der Waals surface area contributed by atoms with Gasteiger partial charge in [-0.1, -0.05) is 6.92 Å². The fraction of sp³-hybridized carbons (Fsp3) is 1.00. The number of hydroxylamine groups is 2. The molecule has 0 aliphatic heterocycles. The predicted octanol–water partition coefficient (Wildman–Crippen LogP) is 0.974. The second-order valence-electron chi connectivity index (χ2n) is 1.56. The average molecular weight is 104 g/mol. The molecule has 0 aromatic heterocycles. The molecule has 7 heavy (non-hydrogen) atoms. The fourth-order valence-corrected chi connectivity index (χ4v) is 0.156. The van der Waals surface area contributed by atoms with Crippen LogP contribution < -0.4 is 0 Å². The van der Waals surface area contributed by atoms with Crippen molar-refractivity contribution in [2.45, 2.75) is 26.3 Å². The molecule has 0 rings (SSSR count). The first-order chi connectivity index (χ1) is 3.18. The lowest BCUT2D eigenvalue weighted by Crippen LogP contribution is -2.22. The molecular weight excluding hydrogens is 94.0 g/mol. The van der Waals surface area contributed by atoms with Gasteiger partial charge in [-0.3, -0.25) is 5.23 Å². The molecule has 0 bridgehead atoms. The van der Waals surface area contributed by atoms with Crippen LogP contribution in [0.25, 0.3) is 0 Å². The van der Waals surface area contributed by atoms with Crippen molar-refractivity contribution in [3.8, 4) is 0 Å². The van der Waals surface area contributed by atoms with Gasteiger partial charge in [0.2, 0.25) is 0 Å². The second kappa shape index (κ2) is 2.96. The van der Waals surface area contributed by atoms with Crippen LogP contribution in [0, 0.1) is 5.21 Å². The molecule has 0 amide bonds. The van der Waals surface area contributed by atoms with Crippen LogP contribution >= 0.6 is 0 Å². The van der Waals surface area contributed by atoms with Crippen LogP contribution in [-0.4, -0.2) is 16.5 Å². The Morgan fingerprint density at radius 1 is 1.86 bits per heavy atom. The molecule has 0 aliphatic rings. The number of hydrogen-bond acceptors (Lipinski definition) is 3. The Labute approximate surface area is 43.1 Å². The van der Waals surface area contributed by atoms with Crippen LogP contribution in [0.2, 0.25) is 0 Å². The average Bonchev–Trinajstić information content (AvgIpc) is 1.65. The van der Waals surface area contributed by atoms with Crippen molar-refractivity contribution >= 4 is 0 Å². The number of hydrogen-bond donors (Lipinski definition) is 1. The van der Waals surface area contributed by atoms with Gasteiger partial charge in [0.25, 0.3) is 0 Å². The molecule has 1 N–H and O–H groups in total. The lowest BCUT2D eigenvalue weighted by Gasteiger charge is -2.25. The van der Waals surface area contributed by atoms with Crippen LogP contribution in [0.1, 0.15) is 20.3 Å². The van der Waals surface area contributed by atoms with Crippen molar-refractivity contribution in [1.29, 1.82) is 0 Å². The summed E-state index contributed by atoms with van der Waals surface area (Å²) < 4.78 is 0. The maximum absolute atomic E-state index is 9.85. The summed E-state index contributed by atoms with van der Waals surface area (Å²) >= 11 is 0. The van der Waals surface area contributed by atoms with Crippen molar-refractivity contribution in [1.82, 2.24) is 5.23 Å². The molecule has 0 saturated carbocycles. The van der Waals surface area contributed by atoms with E-state index in [1.165, 1.54) is 0 Å². The van der Waals surface area contributed by atoms with Crippen molar-refractivity contribution in [3.63, 3.8) is 0 Å². The quantitative estimate of drug-likeness (QED) is 0.531. The highest BCUT2D eigenvalue weighted by Gasteiger charge is 1.93. The molecule has 1 atom stereocenters. The molecule has 1 unspecified atom stereocenters. The van der Waals surface area contributed by atoms with Gasteiger partial charge >= 0.3 is 0 Å². The summed E-state index contributed by atoms with van der Waals surface area (Å²) in [5.41, 5.74) is 0. The van der Waals surface area contributed by atoms with Gasteiger partial charge in [-0.15, -0.1) is 0 Å². The highest BCUT2D eigenvalue weighted by molar-refractivity contribution is 4.53. The van der Waals surface area contributed by atoms with Crippen molar-refractivity contribution < 1.29 is 5.21 Å². The normalized spacial score (nSPS) is 15.0. The first kappa shape index (κ1) is 6.88. The van der Waals surface area contributed by atoms with E-state index in [2.05, 4.69) is 0 Å². The highest BCUT2D eigenvalue weighted by atomic mass is 16.8. The van der Waals surface area contributed by atoms with Gasteiger partial charge in [-0.2, -0.15) is 0 Å². The molecule has 0 aromatic rings. The minimum absolute atomic E-state index is 0.0278. The molecule has 0 spiro atoms. The maximum Gasteiger partial charge on any atom is 0.0185 e. The molecule has 0 aromatic carbocycles. The predicted molar refractivity (Wildman–Crippen MR) is 26.7 cm³/mol. The van der Waals surface area contributed by atoms with Gasteiger partial charge in [0.1, 0.15) is 0 Å². The van der Waals surface area contributed by atoms with Gasteiger partial charge in [0, 0.05) is 6.04 Å². The topological polar surface area (TPSA) is 46.5 Å². The molecule has 0 fully saturated rings. The zero-order valence-corrected chi connectivity index (χ0v) is 4.59. The van der Waals surface area contributed by atoms with Crippen LogP contribution in [-0.2, 0) is 0 Å². The van der Waals surface area contributed by atoms with Gasteiger partial charge in [0.15, 0.2) is 0 Å². The van der Waals surface area contributed by atoms with E-state index in [1.807, 2.05) is 6.92 Å². The Bertz CT molecular complexity index is 47.0. The van der Waals surface area contributed by atoms with E-state index in [0.717, 1.165) is 0 Å². The van der Waals surface area contributed by atoms with Crippen LogP contribution in [0.4, 0.5) is 0 Å². The Kier molecular flexibility index (Phi) is 2.91. The van der Waals surface area contributed by atoms with Crippen LogP contribution in [0.15, 0.2) is 0 Å². The molecule has 0 heterocycles. The highest BCUT2D eigenvalue weighted by Crippen LogP contribution is 1.94. The summed E-state index contributed by atoms with van der Waals surface area (Å²) in [5, 5.41) is 17.9. The summed E-state index contributed by atoms with van der Waals surface area (Å²) in [7, 11) is 0. The van der Waals surface area contributed by atoms with E-state index in [4.69, 9.17) is 5.21 Å². The third-order valence-corrected chi connectivity index (χ3v) is 0.968. The first-order valence-electron chi connectivity index (χ1n) is 2.33. The second-order valence-corrected chi connectivity index (χ2v) is 1.56. The van der Waals surface area contributed by atoms with Gasteiger partial charge < -0.3 is 10.4 Å². The summed E-state index contributed by atoms with van der Waals surface area (Å²) in [6.07, 6.45) is 0.681. The summed E-state index contributed by atoms with van der Waals surface area (Å²) in [6.45, 7) is 3.50. The van der Waals surface area contributed by atoms with E-state index in [-0.39, 0.29) is 11.3 Å². The standard InChI is InChI=1S/C4H10NO2/c1-3-4(2)5(6)7/h4,6H,3H2,1-2H3/q-1. The molecule has 0 aliphatic carbocycles. The molecule has 3 heteroatoms. The van der Waals surface area contributed by atoms with Crippen LogP contribution in [0.3, 0.4) is 0 Å². The summed E-state index contributed by atoms with van der Waals surface area (Å²) in [4.78, 5) is 0. The van der Waals surface area contributed by atoms with E-state index in [9.17, 15) is 5.21 Å². The SMILES string of the molecule is CCC(C)N([O-])O. The zero-order chi connectivity index (χ0) is 5.86. The lowest BCUT2D eigenvalue weighted by molar-refractivity contribution is -0.0739. The minimum Gasteiger partial charge on any atom is -0.762 e. The Balaban J connectivity index is 3.14. The number of nitrogens with zero attached hydrogens (tertiary/aromatic N) is 1. The first-order valence-corrected chi connectivity index (χ1v) is 2.33. The fourth-order valence-electron chi connectivity index (χ4n) is 0.156. The van der Waals surface area contributed by atoms with E-state index in [0.29, 0.717) is 6.42 Å². The summed E-state index contributed by atoms with van der Waals surface area (Å²) in [6, 6.07) is -0.264. The van der Waals surface area contributed by atoms with E-state index in [1.54, 1.807) is 6.92 Å². The number of rotatable bonds is 2. The third kappa shape index (κ3) is 2.56.